The van der Waals surface area contributed by atoms with Gasteiger partial charge in [-0.2, -0.15) is 0 Å². The Morgan fingerprint density at radius 3 is 3.11 bits per heavy atom. The number of rotatable bonds is 5. The normalized spacial score (nSPS) is 23.4. The molecular weight excluding hydrogens is 252 g/mol. The second-order valence-corrected chi connectivity index (χ2v) is 5.57. The molecule has 1 saturated heterocycles. The summed E-state index contributed by atoms with van der Waals surface area (Å²) in [6.07, 6.45) is 3.31. The quantitative estimate of drug-likeness (QED) is 0.826. The molecule has 1 aliphatic heterocycles. The van der Waals surface area contributed by atoms with Crippen molar-refractivity contribution in [3.8, 4) is 0 Å². The van der Waals surface area contributed by atoms with Crippen LogP contribution in [0.4, 0.5) is 0 Å². The fraction of sp³-hybridized carbons (Fsp3) is 0.667. The Kier molecular flexibility index (Phi) is 4.29. The predicted molar refractivity (Wildman–Crippen MR) is 68.8 cm³/mol. The third-order valence-electron chi connectivity index (χ3n) is 3.15. The SMILES string of the molecule is Cc1cn(CC2CCOC2C)c(SCC(=O)O)n1. The molecule has 18 heavy (non-hydrogen) atoms. The van der Waals surface area contributed by atoms with E-state index in [0.717, 1.165) is 30.4 Å². The number of nitrogens with zero attached hydrogens (tertiary/aromatic N) is 2. The predicted octanol–water partition coefficient (Wildman–Crippen LogP) is 1.79. The molecule has 0 radical (unpaired) electrons. The zero-order chi connectivity index (χ0) is 13.1. The van der Waals surface area contributed by atoms with Crippen molar-refractivity contribution in [2.45, 2.75) is 38.1 Å². The van der Waals surface area contributed by atoms with E-state index in [1.54, 1.807) is 0 Å². The molecule has 1 aromatic heterocycles. The number of aliphatic carboxylic acids is 1. The highest BCUT2D eigenvalue weighted by molar-refractivity contribution is 7.99. The van der Waals surface area contributed by atoms with Crippen LogP contribution in [0.15, 0.2) is 11.4 Å². The van der Waals surface area contributed by atoms with Crippen LogP contribution in [-0.2, 0) is 16.1 Å². The summed E-state index contributed by atoms with van der Waals surface area (Å²) in [5, 5.41) is 9.51. The number of imidazole rings is 1. The minimum atomic E-state index is -0.815. The maximum atomic E-state index is 10.6. The Balaban J connectivity index is 2.04. The summed E-state index contributed by atoms with van der Waals surface area (Å²) in [7, 11) is 0. The van der Waals surface area contributed by atoms with Crippen LogP contribution in [0.2, 0.25) is 0 Å². The van der Waals surface area contributed by atoms with Crippen LogP contribution in [0.25, 0.3) is 0 Å². The van der Waals surface area contributed by atoms with Gasteiger partial charge >= 0.3 is 5.97 Å². The zero-order valence-corrected chi connectivity index (χ0v) is 11.4. The van der Waals surface area contributed by atoms with E-state index in [9.17, 15) is 4.79 Å². The average molecular weight is 270 g/mol. The third-order valence-corrected chi connectivity index (χ3v) is 4.12. The van der Waals surface area contributed by atoms with Gasteiger partial charge in [-0.05, 0) is 20.3 Å². The zero-order valence-electron chi connectivity index (χ0n) is 10.6. The third kappa shape index (κ3) is 3.26. The van der Waals surface area contributed by atoms with E-state index in [1.807, 2.05) is 13.1 Å². The number of hydrogen-bond acceptors (Lipinski definition) is 4. The summed E-state index contributed by atoms with van der Waals surface area (Å²) in [4.78, 5) is 15.0. The van der Waals surface area contributed by atoms with Crippen LogP contribution in [0, 0.1) is 12.8 Å². The topological polar surface area (TPSA) is 64.3 Å². The fourth-order valence-corrected chi connectivity index (χ4v) is 2.92. The van der Waals surface area contributed by atoms with Gasteiger partial charge in [0.15, 0.2) is 5.16 Å². The number of carbonyl (C=O) groups is 1. The van der Waals surface area contributed by atoms with E-state index >= 15 is 0 Å². The molecule has 100 valence electrons. The smallest absolute Gasteiger partial charge is 0.313 e. The van der Waals surface area contributed by atoms with Gasteiger partial charge in [-0.25, -0.2) is 4.98 Å². The molecule has 0 spiro atoms. The van der Waals surface area contributed by atoms with Crippen LogP contribution < -0.4 is 0 Å². The number of thioether (sulfide) groups is 1. The monoisotopic (exact) mass is 270 g/mol. The Morgan fingerprint density at radius 2 is 2.50 bits per heavy atom. The van der Waals surface area contributed by atoms with Crippen molar-refractivity contribution < 1.29 is 14.6 Å². The van der Waals surface area contributed by atoms with Gasteiger partial charge in [-0.3, -0.25) is 4.79 Å². The maximum absolute atomic E-state index is 10.6. The molecule has 2 unspecified atom stereocenters. The van der Waals surface area contributed by atoms with Crippen LogP contribution in [0.1, 0.15) is 19.0 Å². The van der Waals surface area contributed by atoms with Crippen molar-refractivity contribution in [1.82, 2.24) is 9.55 Å². The summed E-state index contributed by atoms with van der Waals surface area (Å²) in [5.74, 6) is -0.278. The largest absolute Gasteiger partial charge is 0.481 e. The van der Waals surface area contributed by atoms with Crippen LogP contribution in [0.5, 0.6) is 0 Å². The lowest BCUT2D eigenvalue weighted by molar-refractivity contribution is -0.133. The van der Waals surface area contributed by atoms with Crippen molar-refractivity contribution in [2.24, 2.45) is 5.92 Å². The Morgan fingerprint density at radius 1 is 1.72 bits per heavy atom. The van der Waals surface area contributed by atoms with Gasteiger partial charge in [0.05, 0.1) is 17.6 Å². The molecule has 0 aliphatic carbocycles. The molecule has 2 atom stereocenters. The van der Waals surface area contributed by atoms with Gasteiger partial charge in [0.25, 0.3) is 0 Å². The van der Waals surface area contributed by atoms with Gasteiger partial charge in [-0.15, -0.1) is 0 Å². The molecular formula is C12H18N2O3S. The van der Waals surface area contributed by atoms with Gasteiger partial charge in [0.2, 0.25) is 0 Å². The van der Waals surface area contributed by atoms with Crippen molar-refractivity contribution in [1.29, 1.82) is 0 Å². The second-order valence-electron chi connectivity index (χ2n) is 4.62. The summed E-state index contributed by atoms with van der Waals surface area (Å²) in [6, 6.07) is 0. The highest BCUT2D eigenvalue weighted by Gasteiger charge is 2.25. The number of aromatic nitrogens is 2. The number of hydrogen-bond donors (Lipinski definition) is 1. The molecule has 0 amide bonds. The molecule has 1 fully saturated rings. The maximum Gasteiger partial charge on any atom is 0.313 e. The molecule has 5 nitrogen and oxygen atoms in total. The summed E-state index contributed by atoms with van der Waals surface area (Å²) < 4.78 is 7.60. The summed E-state index contributed by atoms with van der Waals surface area (Å²) >= 11 is 1.27. The van der Waals surface area contributed by atoms with E-state index in [0.29, 0.717) is 5.92 Å². The molecule has 0 saturated carbocycles. The lowest BCUT2D eigenvalue weighted by atomic mass is 10.0. The fourth-order valence-electron chi connectivity index (χ4n) is 2.17. The van der Waals surface area contributed by atoms with Crippen molar-refractivity contribution in [2.75, 3.05) is 12.4 Å². The lowest BCUT2D eigenvalue weighted by Gasteiger charge is -2.15. The molecule has 1 N–H and O–H groups in total. The van der Waals surface area contributed by atoms with Crippen LogP contribution >= 0.6 is 11.8 Å². The van der Waals surface area contributed by atoms with Crippen LogP contribution in [0.3, 0.4) is 0 Å². The first-order valence-electron chi connectivity index (χ1n) is 6.06. The van der Waals surface area contributed by atoms with E-state index in [-0.39, 0.29) is 11.9 Å². The molecule has 6 heteroatoms. The Labute approximate surface area is 111 Å². The minimum Gasteiger partial charge on any atom is -0.481 e. The second kappa shape index (κ2) is 5.75. The lowest BCUT2D eigenvalue weighted by Crippen LogP contribution is -2.18. The summed E-state index contributed by atoms with van der Waals surface area (Å²) in [5.41, 5.74) is 0.925. The molecule has 1 aliphatic rings. The van der Waals surface area contributed by atoms with Crippen molar-refractivity contribution >= 4 is 17.7 Å². The van der Waals surface area contributed by atoms with Crippen molar-refractivity contribution in [3.05, 3.63) is 11.9 Å². The molecule has 1 aromatic rings. The number of carboxylic acids is 1. The van der Waals surface area contributed by atoms with E-state index in [1.165, 1.54) is 11.8 Å². The van der Waals surface area contributed by atoms with Gasteiger partial charge in [0.1, 0.15) is 0 Å². The minimum absolute atomic E-state index is 0.0488. The standard InChI is InChI=1S/C12H18N2O3S/c1-8-5-14(6-10-3-4-17-9(10)2)12(13-8)18-7-11(15)16/h5,9-10H,3-4,6-7H2,1-2H3,(H,15,16). The van der Waals surface area contributed by atoms with Gasteiger partial charge in [0, 0.05) is 25.3 Å². The first kappa shape index (κ1) is 13.4. The Bertz CT molecular complexity index is 433. The molecule has 2 heterocycles. The van der Waals surface area contributed by atoms with Crippen LogP contribution in [-0.4, -0.2) is 39.1 Å². The number of carboxylic acid groups (broad SMARTS) is 1. The van der Waals surface area contributed by atoms with Gasteiger partial charge in [-0.1, -0.05) is 11.8 Å². The van der Waals surface area contributed by atoms with E-state index in [4.69, 9.17) is 9.84 Å². The first-order valence-corrected chi connectivity index (χ1v) is 7.05. The summed E-state index contributed by atoms with van der Waals surface area (Å²) in [6.45, 7) is 5.68. The van der Waals surface area contributed by atoms with Crippen molar-refractivity contribution in [3.63, 3.8) is 0 Å². The number of aryl methyl sites for hydroxylation is 1. The van der Waals surface area contributed by atoms with Gasteiger partial charge < -0.3 is 14.4 Å². The number of ether oxygens (including phenoxy) is 1. The Hall–Kier alpha value is -1.01. The molecule has 2 rings (SSSR count). The van der Waals surface area contributed by atoms with E-state index < -0.39 is 5.97 Å². The highest BCUT2D eigenvalue weighted by Crippen LogP contribution is 2.25. The first-order chi connectivity index (χ1) is 8.56. The van der Waals surface area contributed by atoms with E-state index in [2.05, 4.69) is 16.5 Å². The molecule has 0 aromatic carbocycles. The average Bonchev–Trinajstić information content (AvgIpc) is 2.84. The molecule has 0 bridgehead atoms. The highest BCUT2D eigenvalue weighted by atomic mass is 32.2.